The molecule has 0 atom stereocenters. The van der Waals surface area contributed by atoms with Crippen molar-refractivity contribution in [1.82, 2.24) is 0 Å². The molecule has 0 amide bonds. The first kappa shape index (κ1) is 12.8. The third-order valence-electron chi connectivity index (χ3n) is 3.16. The lowest BCUT2D eigenvalue weighted by Crippen LogP contribution is -1.93. The highest BCUT2D eigenvalue weighted by molar-refractivity contribution is 7.12. The maximum absolute atomic E-state index is 2.35. The van der Waals surface area contributed by atoms with E-state index in [-0.39, 0.29) is 0 Å². The fourth-order valence-electron chi connectivity index (χ4n) is 2.09. The summed E-state index contributed by atoms with van der Waals surface area (Å²) in [5, 5.41) is 2.23. The van der Waals surface area contributed by atoms with Gasteiger partial charge in [0.05, 0.1) is 0 Å². The van der Waals surface area contributed by atoms with E-state index in [1.165, 1.54) is 28.2 Å². The zero-order valence-electron chi connectivity index (χ0n) is 11.0. The lowest BCUT2D eigenvalue weighted by atomic mass is 10.0. The molecule has 0 aromatic carbocycles. The molecule has 0 radical (unpaired) electrons. The molecule has 17 heavy (non-hydrogen) atoms. The summed E-state index contributed by atoms with van der Waals surface area (Å²) >= 11 is 3.86. The summed E-state index contributed by atoms with van der Waals surface area (Å²) in [5.41, 5.74) is 2.99. The molecule has 0 aliphatic heterocycles. The van der Waals surface area contributed by atoms with Gasteiger partial charge in [-0.3, -0.25) is 0 Å². The fourth-order valence-corrected chi connectivity index (χ4v) is 4.12. The van der Waals surface area contributed by atoms with E-state index < -0.39 is 0 Å². The fraction of sp³-hybridized carbons (Fsp3) is 0.467. The van der Waals surface area contributed by atoms with Crippen molar-refractivity contribution in [3.05, 3.63) is 43.3 Å². The van der Waals surface area contributed by atoms with Crippen molar-refractivity contribution in [2.24, 2.45) is 0 Å². The van der Waals surface area contributed by atoms with Crippen molar-refractivity contribution in [3.63, 3.8) is 0 Å². The van der Waals surface area contributed by atoms with Crippen molar-refractivity contribution in [3.8, 4) is 0 Å². The van der Waals surface area contributed by atoms with Crippen LogP contribution in [0.15, 0.2) is 17.5 Å². The second-order valence-corrected chi connectivity index (χ2v) is 7.21. The Bertz CT molecular complexity index is 469. The second-order valence-electron chi connectivity index (χ2n) is 4.92. The highest BCUT2D eigenvalue weighted by Crippen LogP contribution is 2.28. The van der Waals surface area contributed by atoms with E-state index in [0.29, 0.717) is 5.92 Å². The van der Waals surface area contributed by atoms with Gasteiger partial charge in [-0.05, 0) is 61.2 Å². The first-order valence-electron chi connectivity index (χ1n) is 6.20. The molecule has 0 saturated carbocycles. The summed E-state index contributed by atoms with van der Waals surface area (Å²) in [4.78, 5) is 4.56. The molecule has 0 fully saturated rings. The number of aryl methyl sites for hydroxylation is 4. The Labute approximate surface area is 112 Å². The van der Waals surface area contributed by atoms with Gasteiger partial charge in [0.15, 0.2) is 0 Å². The van der Waals surface area contributed by atoms with Crippen LogP contribution in [0.2, 0.25) is 0 Å². The van der Waals surface area contributed by atoms with Crippen LogP contribution >= 0.6 is 22.7 Å². The van der Waals surface area contributed by atoms with E-state index in [0.717, 1.165) is 0 Å². The largest absolute Gasteiger partial charge is 0.148 e. The molecule has 2 heteroatoms. The third kappa shape index (κ3) is 2.99. The number of thiophene rings is 2. The standard InChI is InChI=1S/C15H20S2/c1-10(2)15-13(7-8-16-15)5-6-14-9-11(3)12(4)17-14/h7-10H,5-6H2,1-4H3. The van der Waals surface area contributed by atoms with Crippen molar-refractivity contribution in [2.45, 2.75) is 46.5 Å². The molecule has 2 aromatic heterocycles. The average molecular weight is 264 g/mol. The minimum atomic E-state index is 0.664. The van der Waals surface area contributed by atoms with E-state index in [2.05, 4.69) is 45.2 Å². The predicted octanol–water partition coefficient (Wildman–Crippen LogP) is 5.34. The molecule has 2 rings (SSSR count). The lowest BCUT2D eigenvalue weighted by molar-refractivity contribution is 0.855. The van der Waals surface area contributed by atoms with Gasteiger partial charge in [0, 0.05) is 14.6 Å². The second kappa shape index (κ2) is 5.36. The molecule has 0 bridgehead atoms. The molecular weight excluding hydrogens is 244 g/mol. The van der Waals surface area contributed by atoms with Gasteiger partial charge in [-0.2, -0.15) is 0 Å². The molecule has 92 valence electrons. The van der Waals surface area contributed by atoms with Gasteiger partial charge >= 0.3 is 0 Å². The molecule has 0 saturated heterocycles. The van der Waals surface area contributed by atoms with Gasteiger partial charge < -0.3 is 0 Å². The summed E-state index contributed by atoms with van der Waals surface area (Å²) in [6.45, 7) is 9.00. The lowest BCUT2D eigenvalue weighted by Gasteiger charge is -2.05. The Kier molecular flexibility index (Phi) is 4.05. The zero-order valence-corrected chi connectivity index (χ0v) is 12.7. The van der Waals surface area contributed by atoms with Crippen LogP contribution in [-0.4, -0.2) is 0 Å². The first-order chi connectivity index (χ1) is 8.08. The van der Waals surface area contributed by atoms with Crippen LogP contribution in [0.1, 0.15) is 45.5 Å². The van der Waals surface area contributed by atoms with Crippen molar-refractivity contribution in [2.75, 3.05) is 0 Å². The molecule has 0 aliphatic rings. The van der Waals surface area contributed by atoms with Crippen LogP contribution in [0.3, 0.4) is 0 Å². The molecule has 0 aliphatic carbocycles. The summed E-state index contributed by atoms with van der Waals surface area (Å²) in [6, 6.07) is 4.65. The summed E-state index contributed by atoms with van der Waals surface area (Å²) < 4.78 is 0. The van der Waals surface area contributed by atoms with Crippen LogP contribution < -0.4 is 0 Å². The molecule has 2 heterocycles. The van der Waals surface area contributed by atoms with Gasteiger partial charge in [-0.25, -0.2) is 0 Å². The predicted molar refractivity (Wildman–Crippen MR) is 79.6 cm³/mol. The van der Waals surface area contributed by atoms with Crippen molar-refractivity contribution < 1.29 is 0 Å². The Hall–Kier alpha value is -0.600. The van der Waals surface area contributed by atoms with E-state index in [4.69, 9.17) is 0 Å². The third-order valence-corrected chi connectivity index (χ3v) is 5.63. The molecule has 0 nitrogen and oxygen atoms in total. The molecule has 0 N–H and O–H groups in total. The SMILES string of the molecule is Cc1cc(CCc2ccsc2C(C)C)sc1C. The van der Waals surface area contributed by atoms with Crippen LogP contribution in [0.25, 0.3) is 0 Å². The Balaban J connectivity index is 2.04. The first-order valence-corrected chi connectivity index (χ1v) is 7.89. The summed E-state index contributed by atoms with van der Waals surface area (Å²) in [5.74, 6) is 0.664. The van der Waals surface area contributed by atoms with Crippen LogP contribution in [0.4, 0.5) is 0 Å². The minimum absolute atomic E-state index is 0.664. The number of hydrogen-bond acceptors (Lipinski definition) is 2. The van der Waals surface area contributed by atoms with Crippen LogP contribution in [0.5, 0.6) is 0 Å². The monoisotopic (exact) mass is 264 g/mol. The maximum Gasteiger partial charge on any atom is 0.0103 e. The Morgan fingerprint density at radius 2 is 1.94 bits per heavy atom. The Morgan fingerprint density at radius 3 is 2.53 bits per heavy atom. The molecule has 2 aromatic rings. The van der Waals surface area contributed by atoms with Gasteiger partial charge in [0.25, 0.3) is 0 Å². The van der Waals surface area contributed by atoms with E-state index in [1.54, 1.807) is 10.4 Å². The number of rotatable bonds is 4. The number of hydrogen-bond donors (Lipinski definition) is 0. The molecule has 0 unspecified atom stereocenters. The van der Waals surface area contributed by atoms with Gasteiger partial charge in [-0.1, -0.05) is 13.8 Å². The topological polar surface area (TPSA) is 0 Å². The highest BCUT2D eigenvalue weighted by Gasteiger charge is 2.09. The zero-order chi connectivity index (χ0) is 12.4. The minimum Gasteiger partial charge on any atom is -0.148 e. The van der Waals surface area contributed by atoms with E-state index in [1.807, 2.05) is 22.7 Å². The summed E-state index contributed by atoms with van der Waals surface area (Å²) in [6.07, 6.45) is 2.38. The van der Waals surface area contributed by atoms with Gasteiger partial charge in [-0.15, -0.1) is 22.7 Å². The van der Waals surface area contributed by atoms with Crippen molar-refractivity contribution >= 4 is 22.7 Å². The smallest absolute Gasteiger partial charge is 0.0103 e. The van der Waals surface area contributed by atoms with Crippen molar-refractivity contribution in [1.29, 1.82) is 0 Å². The van der Waals surface area contributed by atoms with Gasteiger partial charge in [0.1, 0.15) is 0 Å². The Morgan fingerprint density at radius 1 is 1.18 bits per heavy atom. The maximum atomic E-state index is 2.35. The molecular formula is C15H20S2. The van der Waals surface area contributed by atoms with Crippen LogP contribution in [0, 0.1) is 13.8 Å². The van der Waals surface area contributed by atoms with E-state index >= 15 is 0 Å². The quantitative estimate of drug-likeness (QED) is 0.699. The van der Waals surface area contributed by atoms with E-state index in [9.17, 15) is 0 Å². The normalized spacial score (nSPS) is 11.4. The average Bonchev–Trinajstić information content (AvgIpc) is 2.83. The van der Waals surface area contributed by atoms with Gasteiger partial charge in [0.2, 0.25) is 0 Å². The molecule has 0 spiro atoms. The highest BCUT2D eigenvalue weighted by atomic mass is 32.1. The summed E-state index contributed by atoms with van der Waals surface area (Å²) in [7, 11) is 0. The van der Waals surface area contributed by atoms with Crippen LogP contribution in [-0.2, 0) is 12.8 Å².